The number of nitrogens with two attached hydrogens (primary N) is 1. The van der Waals surface area contributed by atoms with Crippen LogP contribution in [0.3, 0.4) is 0 Å². The number of nitrogens with zero attached hydrogens (tertiary/aromatic N) is 1. The average Bonchev–Trinajstić information content (AvgIpc) is 3.27. The van der Waals surface area contributed by atoms with Crippen LogP contribution in [0.15, 0.2) is 12.3 Å². The Balaban J connectivity index is 1.72. The van der Waals surface area contributed by atoms with E-state index in [0.717, 1.165) is 32.1 Å². The number of nitrogens with one attached hydrogen (secondary N) is 1. The zero-order valence-corrected chi connectivity index (χ0v) is 11.7. The SMILES string of the molecule is COC(=O)c1cc(NCCCOCC2CC2)ncc1N. The molecule has 1 aliphatic rings. The molecule has 0 aliphatic heterocycles. The minimum Gasteiger partial charge on any atom is -0.465 e. The molecule has 0 spiro atoms. The third-order valence-corrected chi connectivity index (χ3v) is 3.16. The molecule has 1 aliphatic carbocycles. The summed E-state index contributed by atoms with van der Waals surface area (Å²) in [5, 5.41) is 3.14. The highest BCUT2D eigenvalue weighted by molar-refractivity contribution is 5.95. The second-order valence-corrected chi connectivity index (χ2v) is 4.95. The van der Waals surface area contributed by atoms with Crippen molar-refractivity contribution in [2.75, 3.05) is 37.9 Å². The van der Waals surface area contributed by atoms with Gasteiger partial charge in [0.15, 0.2) is 0 Å². The summed E-state index contributed by atoms with van der Waals surface area (Å²) in [6.45, 7) is 2.36. The molecule has 0 saturated heterocycles. The molecule has 1 heterocycles. The van der Waals surface area contributed by atoms with Gasteiger partial charge in [0.25, 0.3) is 0 Å². The molecule has 0 aromatic carbocycles. The van der Waals surface area contributed by atoms with Gasteiger partial charge in [-0.1, -0.05) is 0 Å². The molecule has 0 amide bonds. The van der Waals surface area contributed by atoms with E-state index in [9.17, 15) is 4.79 Å². The van der Waals surface area contributed by atoms with Crippen molar-refractivity contribution in [1.82, 2.24) is 4.98 Å². The lowest BCUT2D eigenvalue weighted by Gasteiger charge is -2.09. The number of ether oxygens (including phenoxy) is 2. The van der Waals surface area contributed by atoms with Crippen LogP contribution in [0, 0.1) is 5.92 Å². The molecule has 6 nitrogen and oxygen atoms in total. The van der Waals surface area contributed by atoms with Gasteiger partial charge in [0.1, 0.15) is 5.82 Å². The molecule has 0 atom stereocenters. The minimum absolute atomic E-state index is 0.315. The van der Waals surface area contributed by atoms with Gasteiger partial charge in [0, 0.05) is 19.8 Å². The Morgan fingerprint density at radius 3 is 3.05 bits per heavy atom. The van der Waals surface area contributed by atoms with Crippen LogP contribution >= 0.6 is 0 Å². The standard InChI is InChI=1S/C14H21N3O3/c1-19-14(18)11-7-13(17-8-12(11)15)16-5-2-6-20-9-10-3-4-10/h7-8,10H,2-6,9,15H2,1H3,(H,16,17). The van der Waals surface area contributed by atoms with Crippen LogP contribution < -0.4 is 11.1 Å². The average molecular weight is 279 g/mol. The van der Waals surface area contributed by atoms with Crippen molar-refractivity contribution in [2.45, 2.75) is 19.3 Å². The molecular formula is C14H21N3O3. The number of esters is 1. The molecule has 1 aromatic heterocycles. The van der Waals surface area contributed by atoms with Crippen LogP contribution in [0.4, 0.5) is 11.5 Å². The number of hydrogen-bond donors (Lipinski definition) is 2. The number of carbonyl (C=O) groups excluding carboxylic acids is 1. The molecule has 110 valence electrons. The smallest absolute Gasteiger partial charge is 0.340 e. The van der Waals surface area contributed by atoms with Crippen molar-refractivity contribution in [3.8, 4) is 0 Å². The lowest BCUT2D eigenvalue weighted by molar-refractivity contribution is 0.0602. The van der Waals surface area contributed by atoms with E-state index in [4.69, 9.17) is 10.5 Å². The van der Waals surface area contributed by atoms with Gasteiger partial charge >= 0.3 is 5.97 Å². The molecule has 0 bridgehead atoms. The number of rotatable bonds is 8. The Morgan fingerprint density at radius 2 is 2.35 bits per heavy atom. The van der Waals surface area contributed by atoms with Crippen molar-refractivity contribution >= 4 is 17.5 Å². The van der Waals surface area contributed by atoms with E-state index in [0.29, 0.717) is 17.1 Å². The minimum atomic E-state index is -0.458. The third-order valence-electron chi connectivity index (χ3n) is 3.16. The topological polar surface area (TPSA) is 86.5 Å². The van der Waals surface area contributed by atoms with Crippen LogP contribution in [0.1, 0.15) is 29.6 Å². The van der Waals surface area contributed by atoms with E-state index in [-0.39, 0.29) is 0 Å². The lowest BCUT2D eigenvalue weighted by atomic mass is 10.2. The van der Waals surface area contributed by atoms with Gasteiger partial charge in [-0.05, 0) is 31.2 Å². The fourth-order valence-corrected chi connectivity index (χ4v) is 1.77. The van der Waals surface area contributed by atoms with Crippen molar-refractivity contribution in [2.24, 2.45) is 5.92 Å². The lowest BCUT2D eigenvalue weighted by Crippen LogP contribution is -2.11. The van der Waals surface area contributed by atoms with Gasteiger partial charge < -0.3 is 20.5 Å². The van der Waals surface area contributed by atoms with Crippen LogP contribution in [0.2, 0.25) is 0 Å². The summed E-state index contributed by atoms with van der Waals surface area (Å²) >= 11 is 0. The summed E-state index contributed by atoms with van der Waals surface area (Å²) in [7, 11) is 1.33. The summed E-state index contributed by atoms with van der Waals surface area (Å²) in [6, 6.07) is 1.60. The Morgan fingerprint density at radius 1 is 1.55 bits per heavy atom. The number of aromatic nitrogens is 1. The summed E-state index contributed by atoms with van der Waals surface area (Å²) in [6.07, 6.45) is 4.97. The largest absolute Gasteiger partial charge is 0.465 e. The maximum atomic E-state index is 11.5. The molecular weight excluding hydrogens is 258 g/mol. The third kappa shape index (κ3) is 4.38. The Hall–Kier alpha value is -1.82. The van der Waals surface area contributed by atoms with Crippen LogP contribution in [0.25, 0.3) is 0 Å². The van der Waals surface area contributed by atoms with E-state index in [1.54, 1.807) is 6.07 Å². The van der Waals surface area contributed by atoms with E-state index >= 15 is 0 Å². The number of pyridine rings is 1. The zero-order chi connectivity index (χ0) is 14.4. The van der Waals surface area contributed by atoms with Gasteiger partial charge in [-0.15, -0.1) is 0 Å². The van der Waals surface area contributed by atoms with Gasteiger partial charge in [-0.3, -0.25) is 0 Å². The predicted molar refractivity (Wildman–Crippen MR) is 76.6 cm³/mol. The van der Waals surface area contributed by atoms with Crippen molar-refractivity contribution in [3.63, 3.8) is 0 Å². The second kappa shape index (κ2) is 7.09. The Labute approximate surface area is 118 Å². The molecule has 1 aromatic rings. The van der Waals surface area contributed by atoms with Crippen molar-refractivity contribution < 1.29 is 14.3 Å². The summed E-state index contributed by atoms with van der Waals surface area (Å²) in [4.78, 5) is 15.6. The fraction of sp³-hybridized carbons (Fsp3) is 0.571. The normalized spacial score (nSPS) is 14.1. The first-order chi connectivity index (χ1) is 9.70. The molecule has 3 N–H and O–H groups in total. The van der Waals surface area contributed by atoms with Crippen LogP contribution in [-0.2, 0) is 9.47 Å². The first-order valence-corrected chi connectivity index (χ1v) is 6.86. The van der Waals surface area contributed by atoms with Crippen molar-refractivity contribution in [3.05, 3.63) is 17.8 Å². The summed E-state index contributed by atoms with van der Waals surface area (Å²) in [5.41, 5.74) is 6.33. The maximum absolute atomic E-state index is 11.5. The van der Waals surface area contributed by atoms with E-state index < -0.39 is 5.97 Å². The summed E-state index contributed by atoms with van der Waals surface area (Å²) in [5.74, 6) is 0.951. The quantitative estimate of drug-likeness (QED) is 0.556. The van der Waals surface area contributed by atoms with E-state index in [1.807, 2.05) is 0 Å². The molecule has 0 unspecified atom stereocenters. The fourth-order valence-electron chi connectivity index (χ4n) is 1.77. The number of carbonyl (C=O) groups is 1. The Kier molecular flexibility index (Phi) is 5.17. The molecule has 20 heavy (non-hydrogen) atoms. The highest BCUT2D eigenvalue weighted by Crippen LogP contribution is 2.28. The van der Waals surface area contributed by atoms with E-state index in [2.05, 4.69) is 15.0 Å². The highest BCUT2D eigenvalue weighted by atomic mass is 16.5. The number of anilines is 2. The van der Waals surface area contributed by atoms with Gasteiger partial charge in [0.2, 0.25) is 0 Å². The highest BCUT2D eigenvalue weighted by Gasteiger charge is 2.20. The van der Waals surface area contributed by atoms with Gasteiger partial charge in [-0.2, -0.15) is 0 Å². The number of nitrogen functional groups attached to an aromatic ring is 1. The molecule has 1 saturated carbocycles. The first-order valence-electron chi connectivity index (χ1n) is 6.86. The molecule has 6 heteroatoms. The zero-order valence-electron chi connectivity index (χ0n) is 11.7. The van der Waals surface area contributed by atoms with Gasteiger partial charge in [-0.25, -0.2) is 9.78 Å². The van der Waals surface area contributed by atoms with Gasteiger partial charge in [0.05, 0.1) is 24.6 Å². The Bertz CT molecular complexity index is 461. The van der Waals surface area contributed by atoms with E-state index in [1.165, 1.54) is 26.1 Å². The second-order valence-electron chi connectivity index (χ2n) is 4.95. The van der Waals surface area contributed by atoms with Crippen molar-refractivity contribution in [1.29, 1.82) is 0 Å². The monoisotopic (exact) mass is 279 g/mol. The molecule has 2 rings (SSSR count). The maximum Gasteiger partial charge on any atom is 0.340 e. The number of methoxy groups -OCH3 is 1. The van der Waals surface area contributed by atoms with Crippen LogP contribution in [-0.4, -0.2) is 37.8 Å². The molecule has 0 radical (unpaired) electrons. The van der Waals surface area contributed by atoms with Crippen LogP contribution in [0.5, 0.6) is 0 Å². The number of hydrogen-bond acceptors (Lipinski definition) is 6. The molecule has 1 fully saturated rings. The summed E-state index contributed by atoms with van der Waals surface area (Å²) < 4.78 is 10.2. The predicted octanol–water partition coefficient (Wildman–Crippen LogP) is 1.68. The first kappa shape index (κ1) is 14.6.